The van der Waals surface area contributed by atoms with Gasteiger partial charge in [-0.3, -0.25) is 9.69 Å². The number of carbonyl (C=O) groups is 1. The van der Waals surface area contributed by atoms with Gasteiger partial charge >= 0.3 is 0 Å². The molecule has 0 atom stereocenters. The third-order valence-electron chi connectivity index (χ3n) is 2.11. The summed E-state index contributed by atoms with van der Waals surface area (Å²) in [6.45, 7) is 0.766. The van der Waals surface area contributed by atoms with Crippen molar-refractivity contribution in [3.63, 3.8) is 0 Å². The lowest BCUT2D eigenvalue weighted by atomic mass is 10.2. The molecular weight excluding hydrogens is 228 g/mol. The number of hydrogen-bond donors (Lipinski definition) is 1. The second-order valence-electron chi connectivity index (χ2n) is 3.59. The van der Waals surface area contributed by atoms with E-state index in [0.29, 0.717) is 11.6 Å². The first-order valence-corrected chi connectivity index (χ1v) is 5.20. The standard InChI is InChI=1S/C11H15ClN2O2/c1-14(7-11(13)15)6-8-5-9(12)3-4-10(8)16-2/h3-5H,6-7H2,1-2H3,(H2,13,15). The van der Waals surface area contributed by atoms with Gasteiger partial charge in [-0.25, -0.2) is 0 Å². The van der Waals surface area contributed by atoms with Crippen LogP contribution in [0.5, 0.6) is 5.75 Å². The fraction of sp³-hybridized carbons (Fsp3) is 0.364. The minimum Gasteiger partial charge on any atom is -0.496 e. The van der Waals surface area contributed by atoms with Gasteiger partial charge in [-0.05, 0) is 25.2 Å². The SMILES string of the molecule is COc1ccc(Cl)cc1CN(C)CC(N)=O. The van der Waals surface area contributed by atoms with Crippen molar-refractivity contribution in [2.45, 2.75) is 6.54 Å². The Labute approximate surface area is 99.9 Å². The number of nitrogens with zero attached hydrogens (tertiary/aromatic N) is 1. The van der Waals surface area contributed by atoms with Crippen molar-refractivity contribution in [1.29, 1.82) is 0 Å². The van der Waals surface area contributed by atoms with Gasteiger partial charge in [0.1, 0.15) is 5.75 Å². The summed E-state index contributed by atoms with van der Waals surface area (Å²) in [7, 11) is 3.41. The van der Waals surface area contributed by atoms with Crippen LogP contribution in [0.3, 0.4) is 0 Å². The van der Waals surface area contributed by atoms with Crippen LogP contribution in [0.15, 0.2) is 18.2 Å². The molecule has 0 radical (unpaired) electrons. The average Bonchev–Trinajstić information content (AvgIpc) is 2.16. The molecule has 0 aliphatic carbocycles. The number of benzene rings is 1. The van der Waals surface area contributed by atoms with E-state index < -0.39 is 0 Å². The highest BCUT2D eigenvalue weighted by Crippen LogP contribution is 2.23. The summed E-state index contributed by atoms with van der Waals surface area (Å²) in [6, 6.07) is 5.38. The summed E-state index contributed by atoms with van der Waals surface area (Å²) in [5, 5.41) is 0.642. The second-order valence-corrected chi connectivity index (χ2v) is 4.03. The van der Waals surface area contributed by atoms with Gasteiger partial charge in [0.25, 0.3) is 0 Å². The third-order valence-corrected chi connectivity index (χ3v) is 2.34. The number of hydrogen-bond acceptors (Lipinski definition) is 3. The molecule has 0 unspecified atom stereocenters. The van der Waals surface area contributed by atoms with Crippen molar-refractivity contribution in [3.05, 3.63) is 28.8 Å². The number of primary amides is 1. The number of likely N-dealkylation sites (N-methyl/N-ethyl adjacent to an activating group) is 1. The quantitative estimate of drug-likeness (QED) is 0.846. The maximum absolute atomic E-state index is 10.7. The molecule has 0 aliphatic heterocycles. The van der Waals surface area contributed by atoms with Gasteiger partial charge < -0.3 is 10.5 Å². The molecule has 0 fully saturated rings. The minimum absolute atomic E-state index is 0.204. The molecule has 0 saturated heterocycles. The molecule has 4 nitrogen and oxygen atoms in total. The fourth-order valence-corrected chi connectivity index (χ4v) is 1.68. The lowest BCUT2D eigenvalue weighted by molar-refractivity contribution is -0.118. The molecule has 0 aromatic heterocycles. The van der Waals surface area contributed by atoms with E-state index in [4.69, 9.17) is 22.1 Å². The third kappa shape index (κ3) is 3.72. The van der Waals surface area contributed by atoms with E-state index in [0.717, 1.165) is 11.3 Å². The summed E-state index contributed by atoms with van der Waals surface area (Å²) in [6.07, 6.45) is 0. The molecule has 0 heterocycles. The number of methoxy groups -OCH3 is 1. The molecule has 0 aliphatic rings. The van der Waals surface area contributed by atoms with Crippen LogP contribution >= 0.6 is 11.6 Å². The summed E-state index contributed by atoms with van der Waals surface area (Å²) >= 11 is 5.90. The zero-order valence-electron chi connectivity index (χ0n) is 9.37. The van der Waals surface area contributed by atoms with E-state index in [1.165, 1.54) is 0 Å². The first-order chi connectivity index (χ1) is 7.52. The van der Waals surface area contributed by atoms with E-state index in [2.05, 4.69) is 0 Å². The van der Waals surface area contributed by atoms with E-state index in [-0.39, 0.29) is 12.5 Å². The lowest BCUT2D eigenvalue weighted by Gasteiger charge is -2.16. The van der Waals surface area contributed by atoms with E-state index in [1.54, 1.807) is 24.1 Å². The maximum Gasteiger partial charge on any atom is 0.231 e. The molecule has 0 saturated carbocycles. The number of rotatable bonds is 5. The Bertz CT molecular complexity index is 382. The Balaban J connectivity index is 2.78. The highest BCUT2D eigenvalue weighted by molar-refractivity contribution is 6.30. The van der Waals surface area contributed by atoms with E-state index in [9.17, 15) is 4.79 Å². The van der Waals surface area contributed by atoms with Gasteiger partial charge in [0.15, 0.2) is 0 Å². The Hall–Kier alpha value is -1.26. The zero-order valence-corrected chi connectivity index (χ0v) is 10.1. The molecule has 1 amide bonds. The first-order valence-electron chi connectivity index (χ1n) is 4.82. The van der Waals surface area contributed by atoms with Crippen LogP contribution in [0.2, 0.25) is 5.02 Å². The molecule has 0 spiro atoms. The molecular formula is C11H15ClN2O2. The van der Waals surface area contributed by atoms with Crippen molar-refractivity contribution < 1.29 is 9.53 Å². The Morgan fingerprint density at radius 2 is 2.25 bits per heavy atom. The predicted octanol–water partition coefficient (Wildman–Crippen LogP) is 1.27. The van der Waals surface area contributed by atoms with Gasteiger partial charge in [-0.15, -0.1) is 0 Å². The number of nitrogens with two attached hydrogens (primary N) is 1. The van der Waals surface area contributed by atoms with Crippen LogP contribution in [0.1, 0.15) is 5.56 Å². The van der Waals surface area contributed by atoms with Crippen LogP contribution in [-0.2, 0) is 11.3 Å². The minimum atomic E-state index is -0.358. The van der Waals surface area contributed by atoms with Crippen molar-refractivity contribution in [3.8, 4) is 5.75 Å². The maximum atomic E-state index is 10.7. The molecule has 5 heteroatoms. The first kappa shape index (κ1) is 12.8. The van der Waals surface area contributed by atoms with Crippen molar-refractivity contribution in [1.82, 2.24) is 4.90 Å². The van der Waals surface area contributed by atoms with Crippen molar-refractivity contribution in [2.75, 3.05) is 20.7 Å². The summed E-state index contributed by atoms with van der Waals surface area (Å²) < 4.78 is 5.20. The Kier molecular flexibility index (Phi) is 4.58. The molecule has 1 aromatic carbocycles. The van der Waals surface area contributed by atoms with Crippen LogP contribution in [-0.4, -0.2) is 31.5 Å². The van der Waals surface area contributed by atoms with Gasteiger partial charge in [-0.2, -0.15) is 0 Å². The highest BCUT2D eigenvalue weighted by Gasteiger charge is 2.08. The number of halogens is 1. The topological polar surface area (TPSA) is 55.6 Å². The number of ether oxygens (including phenoxy) is 1. The molecule has 88 valence electrons. The number of amides is 1. The molecule has 16 heavy (non-hydrogen) atoms. The van der Waals surface area contributed by atoms with Crippen LogP contribution in [0, 0.1) is 0 Å². The second kappa shape index (κ2) is 5.72. The average molecular weight is 243 g/mol. The fourth-order valence-electron chi connectivity index (χ4n) is 1.48. The van der Waals surface area contributed by atoms with E-state index in [1.807, 2.05) is 13.1 Å². The molecule has 1 aromatic rings. The number of carbonyl (C=O) groups excluding carboxylic acids is 1. The Morgan fingerprint density at radius 1 is 1.56 bits per heavy atom. The zero-order chi connectivity index (χ0) is 12.1. The van der Waals surface area contributed by atoms with Crippen molar-refractivity contribution in [2.24, 2.45) is 5.73 Å². The normalized spacial score (nSPS) is 10.5. The molecule has 1 rings (SSSR count). The monoisotopic (exact) mass is 242 g/mol. The van der Waals surface area contributed by atoms with Crippen LogP contribution < -0.4 is 10.5 Å². The van der Waals surface area contributed by atoms with E-state index >= 15 is 0 Å². The van der Waals surface area contributed by atoms with Gasteiger partial charge in [0.05, 0.1) is 13.7 Å². The van der Waals surface area contributed by atoms with Crippen LogP contribution in [0.4, 0.5) is 0 Å². The summed E-state index contributed by atoms with van der Waals surface area (Å²) in [4.78, 5) is 12.5. The largest absolute Gasteiger partial charge is 0.496 e. The van der Waals surface area contributed by atoms with Gasteiger partial charge in [-0.1, -0.05) is 11.6 Å². The smallest absolute Gasteiger partial charge is 0.231 e. The van der Waals surface area contributed by atoms with Crippen molar-refractivity contribution >= 4 is 17.5 Å². The lowest BCUT2D eigenvalue weighted by Crippen LogP contribution is -2.30. The van der Waals surface area contributed by atoms with Gasteiger partial charge in [0.2, 0.25) is 5.91 Å². The summed E-state index contributed by atoms with van der Waals surface area (Å²) in [5.41, 5.74) is 6.04. The molecule has 0 bridgehead atoms. The molecule has 2 N–H and O–H groups in total. The summed E-state index contributed by atoms with van der Waals surface area (Å²) in [5.74, 6) is 0.393. The Morgan fingerprint density at radius 3 is 2.81 bits per heavy atom. The van der Waals surface area contributed by atoms with Gasteiger partial charge in [0, 0.05) is 17.1 Å². The predicted molar refractivity (Wildman–Crippen MR) is 63.5 cm³/mol. The van der Waals surface area contributed by atoms with Crippen LogP contribution in [0.25, 0.3) is 0 Å². The highest BCUT2D eigenvalue weighted by atomic mass is 35.5.